The Morgan fingerprint density at radius 3 is 2.30 bits per heavy atom. The lowest BCUT2D eigenvalue weighted by Crippen LogP contribution is -2.22. The van der Waals surface area contributed by atoms with Crippen molar-refractivity contribution in [2.45, 2.75) is 59.2 Å². The Morgan fingerprint density at radius 2 is 1.67 bits per heavy atom. The summed E-state index contributed by atoms with van der Waals surface area (Å²) in [5, 5.41) is 0. The summed E-state index contributed by atoms with van der Waals surface area (Å²) in [5.74, 6) is 1.94. The molecule has 2 aromatic heterocycles. The molecular formula is C26H30N2O2. The van der Waals surface area contributed by atoms with Gasteiger partial charge >= 0.3 is 0 Å². The predicted octanol–water partition coefficient (Wildman–Crippen LogP) is 6.66. The topological polar surface area (TPSA) is 35.8 Å². The van der Waals surface area contributed by atoms with Gasteiger partial charge in [0.05, 0.1) is 23.8 Å². The van der Waals surface area contributed by atoms with E-state index in [1.165, 1.54) is 5.57 Å². The highest BCUT2D eigenvalue weighted by molar-refractivity contribution is 5.71. The molecule has 0 aliphatic heterocycles. The zero-order chi connectivity index (χ0) is 21.3. The summed E-state index contributed by atoms with van der Waals surface area (Å²) < 4.78 is 14.0. The van der Waals surface area contributed by atoms with Gasteiger partial charge in [-0.15, -0.1) is 0 Å². The molecule has 0 saturated carbocycles. The second-order valence-electron chi connectivity index (χ2n) is 9.02. The smallest absolute Gasteiger partial charge is 0.137 e. The number of allylic oxidation sites excluding steroid dienone is 4. The summed E-state index contributed by atoms with van der Waals surface area (Å²) in [6.45, 7) is 10.3. The minimum Gasteiger partial charge on any atom is -0.495 e. The Hall–Kier alpha value is -3.01. The van der Waals surface area contributed by atoms with Gasteiger partial charge in [0.2, 0.25) is 0 Å². The standard InChI is InChI=1S/C26H30N2O2/c1-18(2)29-22-11-8-20(9-12-22)24-16-27-25-15-10-21(17-28(24)25)19-6-13-23(14-7-19)30-26(3,4)5/h6-8,10-11,13-18H,9,12H2,1-5H3. The first-order chi connectivity index (χ1) is 14.3. The third-order valence-electron chi connectivity index (χ3n) is 4.94. The van der Waals surface area contributed by atoms with E-state index >= 15 is 0 Å². The van der Waals surface area contributed by atoms with Crippen LogP contribution in [0.1, 0.15) is 53.2 Å². The van der Waals surface area contributed by atoms with Gasteiger partial charge in [-0.3, -0.25) is 4.40 Å². The SMILES string of the molecule is CC(C)OC1=CC=C(c2cnc3ccc(-c4ccc(OC(C)(C)C)cc4)cn23)CC1. The van der Waals surface area contributed by atoms with Crippen molar-refractivity contribution >= 4 is 11.2 Å². The number of hydrogen-bond acceptors (Lipinski definition) is 3. The van der Waals surface area contributed by atoms with Crippen LogP contribution in [-0.4, -0.2) is 21.1 Å². The maximum atomic E-state index is 5.94. The molecule has 4 heteroatoms. The zero-order valence-corrected chi connectivity index (χ0v) is 18.5. The molecular weight excluding hydrogens is 372 g/mol. The van der Waals surface area contributed by atoms with Crippen molar-refractivity contribution in [2.24, 2.45) is 0 Å². The summed E-state index contributed by atoms with van der Waals surface area (Å²) in [5.41, 5.74) is 5.48. The molecule has 0 N–H and O–H groups in total. The van der Waals surface area contributed by atoms with Gasteiger partial charge in [-0.1, -0.05) is 18.2 Å². The number of imidazole rings is 1. The molecule has 2 heterocycles. The summed E-state index contributed by atoms with van der Waals surface area (Å²) in [7, 11) is 0. The second kappa shape index (κ2) is 8.02. The summed E-state index contributed by atoms with van der Waals surface area (Å²) in [6, 6.07) is 12.5. The highest BCUT2D eigenvalue weighted by Gasteiger charge is 2.15. The molecule has 0 fully saturated rings. The van der Waals surface area contributed by atoms with E-state index in [0.29, 0.717) is 0 Å². The fourth-order valence-corrected chi connectivity index (χ4v) is 3.69. The van der Waals surface area contributed by atoms with Crippen LogP contribution >= 0.6 is 0 Å². The largest absolute Gasteiger partial charge is 0.495 e. The minimum atomic E-state index is -0.200. The number of rotatable bonds is 5. The average Bonchev–Trinajstić information content (AvgIpc) is 3.11. The number of ether oxygens (including phenoxy) is 2. The van der Waals surface area contributed by atoms with Gasteiger partial charge in [-0.25, -0.2) is 4.98 Å². The van der Waals surface area contributed by atoms with Crippen molar-refractivity contribution in [3.8, 4) is 16.9 Å². The first-order valence-corrected chi connectivity index (χ1v) is 10.6. The van der Waals surface area contributed by atoms with Crippen molar-refractivity contribution in [3.05, 3.63) is 72.4 Å². The van der Waals surface area contributed by atoms with Crippen molar-refractivity contribution in [1.82, 2.24) is 9.38 Å². The van der Waals surface area contributed by atoms with E-state index in [0.717, 1.165) is 46.8 Å². The van der Waals surface area contributed by atoms with Crippen LogP contribution < -0.4 is 4.74 Å². The summed E-state index contributed by atoms with van der Waals surface area (Å²) >= 11 is 0. The molecule has 0 unspecified atom stereocenters. The van der Waals surface area contributed by atoms with Crippen LogP contribution in [0.3, 0.4) is 0 Å². The highest BCUT2D eigenvalue weighted by atomic mass is 16.5. The monoisotopic (exact) mass is 402 g/mol. The molecule has 0 bridgehead atoms. The van der Waals surface area contributed by atoms with E-state index in [9.17, 15) is 0 Å². The van der Waals surface area contributed by atoms with E-state index in [-0.39, 0.29) is 11.7 Å². The Bertz CT molecular complexity index is 1100. The summed E-state index contributed by atoms with van der Waals surface area (Å²) in [6.07, 6.45) is 10.5. The molecule has 30 heavy (non-hydrogen) atoms. The lowest BCUT2D eigenvalue weighted by Gasteiger charge is -2.21. The number of hydrogen-bond donors (Lipinski definition) is 0. The lowest BCUT2D eigenvalue weighted by atomic mass is 10.0. The van der Waals surface area contributed by atoms with Gasteiger partial charge < -0.3 is 9.47 Å². The number of nitrogens with zero attached hydrogens (tertiary/aromatic N) is 2. The molecule has 0 saturated heterocycles. The molecule has 1 aromatic carbocycles. The Kier molecular flexibility index (Phi) is 5.42. The van der Waals surface area contributed by atoms with Crippen LogP contribution in [0.2, 0.25) is 0 Å². The molecule has 0 amide bonds. The van der Waals surface area contributed by atoms with E-state index in [1.54, 1.807) is 0 Å². The molecule has 1 aliphatic rings. The van der Waals surface area contributed by atoms with Crippen LogP contribution in [0.25, 0.3) is 22.3 Å². The van der Waals surface area contributed by atoms with Gasteiger partial charge in [-0.05, 0) is 88.1 Å². The van der Waals surface area contributed by atoms with Crippen LogP contribution in [0.5, 0.6) is 5.75 Å². The molecule has 0 atom stereocenters. The first-order valence-electron chi connectivity index (χ1n) is 10.6. The maximum absolute atomic E-state index is 5.94. The van der Waals surface area contributed by atoms with E-state index in [2.05, 4.69) is 86.6 Å². The lowest BCUT2D eigenvalue weighted by molar-refractivity contribution is 0.131. The second-order valence-corrected chi connectivity index (χ2v) is 9.02. The minimum absolute atomic E-state index is 0.200. The van der Waals surface area contributed by atoms with E-state index < -0.39 is 0 Å². The normalized spacial score (nSPS) is 14.6. The number of aromatic nitrogens is 2. The quantitative estimate of drug-likeness (QED) is 0.478. The predicted molar refractivity (Wildman–Crippen MR) is 123 cm³/mol. The Balaban J connectivity index is 1.62. The summed E-state index contributed by atoms with van der Waals surface area (Å²) in [4.78, 5) is 4.60. The maximum Gasteiger partial charge on any atom is 0.137 e. The van der Waals surface area contributed by atoms with Gasteiger partial charge in [0.25, 0.3) is 0 Å². The van der Waals surface area contributed by atoms with Crippen LogP contribution in [0, 0.1) is 0 Å². The van der Waals surface area contributed by atoms with Crippen molar-refractivity contribution in [1.29, 1.82) is 0 Å². The molecule has 0 spiro atoms. The van der Waals surface area contributed by atoms with E-state index in [4.69, 9.17) is 9.47 Å². The molecule has 0 radical (unpaired) electrons. The number of pyridine rings is 1. The molecule has 156 valence electrons. The van der Waals surface area contributed by atoms with Crippen molar-refractivity contribution in [3.63, 3.8) is 0 Å². The molecule has 3 aromatic rings. The van der Waals surface area contributed by atoms with Crippen molar-refractivity contribution < 1.29 is 9.47 Å². The van der Waals surface area contributed by atoms with Gasteiger partial charge in [0.15, 0.2) is 0 Å². The van der Waals surface area contributed by atoms with Crippen LogP contribution in [0.4, 0.5) is 0 Å². The average molecular weight is 403 g/mol. The van der Waals surface area contributed by atoms with Gasteiger partial charge in [0.1, 0.15) is 17.0 Å². The fraction of sp³-hybridized carbons (Fsp3) is 0.346. The third-order valence-corrected chi connectivity index (χ3v) is 4.94. The Morgan fingerprint density at radius 1 is 0.933 bits per heavy atom. The molecule has 4 nitrogen and oxygen atoms in total. The van der Waals surface area contributed by atoms with Gasteiger partial charge in [0, 0.05) is 12.6 Å². The highest BCUT2D eigenvalue weighted by Crippen LogP contribution is 2.30. The van der Waals surface area contributed by atoms with Crippen LogP contribution in [0.15, 0.2) is 66.7 Å². The van der Waals surface area contributed by atoms with E-state index in [1.807, 2.05) is 18.3 Å². The van der Waals surface area contributed by atoms with Crippen molar-refractivity contribution in [2.75, 3.05) is 0 Å². The number of benzene rings is 1. The molecule has 4 rings (SSSR count). The Labute approximate surface area is 178 Å². The number of fused-ring (bicyclic) bond motifs is 1. The zero-order valence-electron chi connectivity index (χ0n) is 18.5. The fourth-order valence-electron chi connectivity index (χ4n) is 3.69. The van der Waals surface area contributed by atoms with Crippen LogP contribution in [-0.2, 0) is 4.74 Å². The first kappa shape index (κ1) is 20.3. The molecule has 1 aliphatic carbocycles. The third kappa shape index (κ3) is 4.59. The van der Waals surface area contributed by atoms with Gasteiger partial charge in [-0.2, -0.15) is 0 Å².